The number of allylic oxidation sites excluding steroid dienone is 4. The maximum absolute atomic E-state index is 12.0. The molecule has 1 rings (SSSR count). The molecule has 0 radical (unpaired) electrons. The molecule has 1 atom stereocenters. The average molecular weight is 522 g/mol. The summed E-state index contributed by atoms with van der Waals surface area (Å²) in [5, 5.41) is 9.54. The number of carbonyl (C=O) groups excluding carboxylic acids is 2. The van der Waals surface area contributed by atoms with Gasteiger partial charge in [0.2, 0.25) is 0 Å². The van der Waals surface area contributed by atoms with Gasteiger partial charge >= 0.3 is 11.9 Å². The minimum atomic E-state index is -0.206. The van der Waals surface area contributed by atoms with Crippen molar-refractivity contribution in [1.82, 2.24) is 4.90 Å². The van der Waals surface area contributed by atoms with Gasteiger partial charge in [-0.1, -0.05) is 63.3 Å². The van der Waals surface area contributed by atoms with Gasteiger partial charge in [0, 0.05) is 25.4 Å². The van der Waals surface area contributed by atoms with Crippen molar-refractivity contribution in [2.45, 2.75) is 116 Å². The first kappa shape index (κ1) is 33.4. The summed E-state index contributed by atoms with van der Waals surface area (Å²) in [7, 11) is 0. The summed E-state index contributed by atoms with van der Waals surface area (Å²) in [4.78, 5) is 26.3. The van der Waals surface area contributed by atoms with Crippen LogP contribution in [0.4, 0.5) is 0 Å². The summed E-state index contributed by atoms with van der Waals surface area (Å²) in [5.41, 5.74) is 0. The molecule has 0 spiro atoms. The molecule has 1 fully saturated rings. The molecule has 0 aromatic rings. The predicted octanol–water partition coefficient (Wildman–Crippen LogP) is 6.76. The first-order valence-electron chi connectivity index (χ1n) is 15.1. The van der Waals surface area contributed by atoms with Crippen molar-refractivity contribution in [3.8, 4) is 0 Å². The Morgan fingerprint density at radius 1 is 0.811 bits per heavy atom. The van der Waals surface area contributed by atoms with Crippen molar-refractivity contribution < 1.29 is 24.2 Å². The molecular weight excluding hydrogens is 466 g/mol. The molecular formula is C31H55NO5. The van der Waals surface area contributed by atoms with Gasteiger partial charge in [0.1, 0.15) is 0 Å². The van der Waals surface area contributed by atoms with Crippen LogP contribution in [0.1, 0.15) is 116 Å². The molecule has 37 heavy (non-hydrogen) atoms. The molecule has 6 nitrogen and oxygen atoms in total. The molecule has 1 aliphatic heterocycles. The van der Waals surface area contributed by atoms with Crippen LogP contribution in [0.2, 0.25) is 0 Å². The van der Waals surface area contributed by atoms with Gasteiger partial charge in [-0.05, 0) is 83.8 Å². The van der Waals surface area contributed by atoms with Crippen LogP contribution in [0.3, 0.4) is 0 Å². The Kier molecular flexibility index (Phi) is 22.2. The van der Waals surface area contributed by atoms with Crippen LogP contribution < -0.4 is 0 Å². The van der Waals surface area contributed by atoms with Gasteiger partial charge in [-0.15, -0.1) is 0 Å². The van der Waals surface area contributed by atoms with Gasteiger partial charge in [0.15, 0.2) is 0 Å². The third kappa shape index (κ3) is 21.0. The molecule has 0 saturated carbocycles. The van der Waals surface area contributed by atoms with E-state index in [0.29, 0.717) is 19.3 Å². The van der Waals surface area contributed by atoms with Gasteiger partial charge in [-0.25, -0.2) is 0 Å². The molecule has 0 amide bonds. The predicted molar refractivity (Wildman–Crippen MR) is 151 cm³/mol. The highest BCUT2D eigenvalue weighted by atomic mass is 16.5. The zero-order chi connectivity index (χ0) is 26.8. The minimum absolute atomic E-state index is 0.0799. The Labute approximate surface area is 226 Å². The Morgan fingerprint density at radius 2 is 1.43 bits per heavy atom. The normalized spacial score (nSPS) is 15.1. The highest BCUT2D eigenvalue weighted by Gasteiger charge is 2.14. The Hall–Kier alpha value is -1.66. The Morgan fingerprint density at radius 3 is 2.14 bits per heavy atom. The van der Waals surface area contributed by atoms with Crippen LogP contribution in [-0.4, -0.2) is 61.4 Å². The fourth-order valence-corrected chi connectivity index (χ4v) is 4.46. The number of unbranched alkanes of at least 4 members (excludes halogenated alkanes) is 8. The second-order valence-electron chi connectivity index (χ2n) is 10.4. The smallest absolute Gasteiger partial charge is 0.305 e. The van der Waals surface area contributed by atoms with Gasteiger partial charge in [-0.3, -0.25) is 9.59 Å². The van der Waals surface area contributed by atoms with Gasteiger partial charge in [0.25, 0.3) is 0 Å². The molecule has 6 heteroatoms. The van der Waals surface area contributed by atoms with Crippen LogP contribution in [0.15, 0.2) is 24.3 Å². The van der Waals surface area contributed by atoms with E-state index in [4.69, 9.17) is 9.47 Å². The molecule has 0 aliphatic carbocycles. The molecule has 0 bridgehead atoms. The number of hydrogen-bond donors (Lipinski definition) is 1. The number of carbonyl (C=O) groups is 2. The molecule has 1 aliphatic rings. The average Bonchev–Trinajstić information content (AvgIpc) is 3.42. The van der Waals surface area contributed by atoms with E-state index in [-0.39, 0.29) is 37.7 Å². The van der Waals surface area contributed by atoms with Crippen molar-refractivity contribution in [1.29, 1.82) is 0 Å². The van der Waals surface area contributed by atoms with E-state index in [2.05, 4.69) is 36.1 Å². The number of rotatable bonds is 24. The van der Waals surface area contributed by atoms with Crippen LogP contribution in [0.25, 0.3) is 0 Å². The quantitative estimate of drug-likeness (QED) is 0.0859. The number of ether oxygens (including phenoxy) is 2. The maximum Gasteiger partial charge on any atom is 0.305 e. The number of esters is 2. The fourth-order valence-electron chi connectivity index (χ4n) is 4.46. The number of aliphatic hydroxyl groups is 1. The van der Waals surface area contributed by atoms with Crippen molar-refractivity contribution in [2.75, 3.05) is 39.5 Å². The summed E-state index contributed by atoms with van der Waals surface area (Å²) in [6.07, 6.45) is 26.5. The van der Waals surface area contributed by atoms with Crippen LogP contribution in [0, 0.1) is 5.92 Å². The number of likely N-dealkylation sites (tertiary alicyclic amines) is 1. The highest BCUT2D eigenvalue weighted by molar-refractivity contribution is 5.69. The third-order valence-corrected chi connectivity index (χ3v) is 6.91. The van der Waals surface area contributed by atoms with E-state index in [1.165, 1.54) is 51.4 Å². The lowest BCUT2D eigenvalue weighted by atomic mass is 10.1. The molecule has 214 valence electrons. The second kappa shape index (κ2) is 24.7. The first-order valence-corrected chi connectivity index (χ1v) is 15.1. The van der Waals surface area contributed by atoms with Crippen molar-refractivity contribution in [2.24, 2.45) is 5.92 Å². The molecule has 0 aromatic carbocycles. The van der Waals surface area contributed by atoms with Crippen molar-refractivity contribution >= 4 is 11.9 Å². The Balaban J connectivity index is 1.91. The summed E-state index contributed by atoms with van der Waals surface area (Å²) in [5.74, 6) is -0.580. The lowest BCUT2D eigenvalue weighted by molar-refractivity contribution is -0.148. The SMILES string of the molecule is CCCCC/C=C\C/C=C\CCCCCCCC(=O)OCC(CO)CCOC(=O)CCCN1CCCC1. The largest absolute Gasteiger partial charge is 0.466 e. The van der Waals surface area contributed by atoms with Crippen molar-refractivity contribution in [3.63, 3.8) is 0 Å². The van der Waals surface area contributed by atoms with E-state index in [1.54, 1.807) is 0 Å². The van der Waals surface area contributed by atoms with Crippen LogP contribution in [0.5, 0.6) is 0 Å². The molecule has 1 saturated heterocycles. The molecule has 0 aromatic heterocycles. The monoisotopic (exact) mass is 521 g/mol. The number of aliphatic hydroxyl groups excluding tert-OH is 1. The van der Waals surface area contributed by atoms with E-state index in [1.807, 2.05) is 0 Å². The first-order chi connectivity index (χ1) is 18.2. The van der Waals surface area contributed by atoms with Gasteiger partial charge in [0.05, 0.1) is 13.2 Å². The summed E-state index contributed by atoms with van der Waals surface area (Å²) >= 11 is 0. The maximum atomic E-state index is 12.0. The summed E-state index contributed by atoms with van der Waals surface area (Å²) < 4.78 is 10.6. The van der Waals surface area contributed by atoms with Gasteiger partial charge in [-0.2, -0.15) is 0 Å². The second-order valence-corrected chi connectivity index (χ2v) is 10.4. The lowest BCUT2D eigenvalue weighted by Gasteiger charge is -2.15. The number of nitrogens with zero attached hydrogens (tertiary/aromatic N) is 1. The summed E-state index contributed by atoms with van der Waals surface area (Å²) in [6.45, 7) is 5.84. The zero-order valence-corrected chi connectivity index (χ0v) is 23.7. The zero-order valence-electron chi connectivity index (χ0n) is 23.7. The van der Waals surface area contributed by atoms with E-state index < -0.39 is 0 Å². The Bertz CT molecular complexity index is 613. The van der Waals surface area contributed by atoms with Crippen molar-refractivity contribution in [3.05, 3.63) is 24.3 Å². The van der Waals surface area contributed by atoms with Crippen LogP contribution >= 0.6 is 0 Å². The lowest BCUT2D eigenvalue weighted by Crippen LogP contribution is -2.22. The van der Waals surface area contributed by atoms with E-state index in [0.717, 1.165) is 58.2 Å². The minimum Gasteiger partial charge on any atom is -0.466 e. The third-order valence-electron chi connectivity index (χ3n) is 6.91. The summed E-state index contributed by atoms with van der Waals surface area (Å²) in [6, 6.07) is 0. The molecule has 1 heterocycles. The van der Waals surface area contributed by atoms with Gasteiger partial charge < -0.3 is 19.5 Å². The number of hydrogen-bond acceptors (Lipinski definition) is 6. The highest BCUT2D eigenvalue weighted by Crippen LogP contribution is 2.11. The molecule has 1 N–H and O–H groups in total. The van der Waals surface area contributed by atoms with E-state index in [9.17, 15) is 14.7 Å². The van der Waals surface area contributed by atoms with E-state index >= 15 is 0 Å². The van der Waals surface area contributed by atoms with Crippen LogP contribution in [-0.2, 0) is 19.1 Å². The molecule has 1 unspecified atom stereocenters. The standard InChI is InChI=1S/C31H55NO5/c1-2-3-4-5-6-7-8-9-10-11-12-13-14-15-16-20-31(35)37-28-29(27-33)22-26-36-30(34)21-19-25-32-23-17-18-24-32/h6-7,9-10,29,33H,2-5,8,11-28H2,1H3/b7-6-,10-9-. The fraction of sp³-hybridized carbons (Fsp3) is 0.806. The topological polar surface area (TPSA) is 76.1 Å².